The lowest BCUT2D eigenvalue weighted by Crippen LogP contribution is -2.24. The Kier molecular flexibility index (Phi) is 6.27. The van der Waals surface area contributed by atoms with E-state index in [1.807, 2.05) is 6.07 Å². The third-order valence-corrected chi connectivity index (χ3v) is 10.6. The topological polar surface area (TPSA) is 29.3 Å². The molecule has 5 aromatic rings. The highest BCUT2D eigenvalue weighted by molar-refractivity contribution is 5.88. The predicted molar refractivity (Wildman–Crippen MR) is 179 cm³/mol. The van der Waals surface area contributed by atoms with E-state index in [1.54, 1.807) is 0 Å². The van der Waals surface area contributed by atoms with E-state index in [0.29, 0.717) is 0 Å². The Labute approximate surface area is 250 Å². The van der Waals surface area contributed by atoms with Gasteiger partial charge < -0.3 is 10.6 Å². The number of rotatable bonds is 7. The minimum atomic E-state index is 0.0163. The summed E-state index contributed by atoms with van der Waals surface area (Å²) in [7, 11) is 0. The van der Waals surface area contributed by atoms with E-state index in [1.165, 1.54) is 55.9 Å². The lowest BCUT2D eigenvalue weighted by Gasteiger charge is -2.33. The molecule has 0 spiro atoms. The van der Waals surface area contributed by atoms with Gasteiger partial charge in [-0.15, -0.1) is 0 Å². The van der Waals surface area contributed by atoms with Crippen molar-refractivity contribution in [2.75, 3.05) is 10.6 Å². The largest absolute Gasteiger partial charge is 0.399 e. The molecule has 0 amide bonds. The Bertz CT molecular complexity index is 1690. The normalized spacial score (nSPS) is 15.0. The van der Waals surface area contributed by atoms with Gasteiger partial charge in [-0.05, 0) is 113 Å². The Morgan fingerprint density at radius 3 is 1.33 bits per heavy atom. The van der Waals surface area contributed by atoms with Crippen LogP contribution in [0, 0.1) is 0 Å². The maximum atomic E-state index is 6.39. The smallest absolute Gasteiger partial charge is 0.0482 e. The molecule has 210 valence electrons. The second-order valence-electron chi connectivity index (χ2n) is 12.1. The fourth-order valence-electron chi connectivity index (χ4n) is 8.30. The molecule has 2 heteroatoms. The molecule has 2 nitrogen and oxygen atoms in total. The number of fused-ring (bicyclic) bond motifs is 6. The Hall–Kier alpha value is -4.30. The summed E-state index contributed by atoms with van der Waals surface area (Å²) in [4.78, 5) is 2.41. The standard InChI is InChI=1S/C40H40N2/c1-5-39(6-2)35-18-11-9-16-31(35)33-22-20-29(25-37(33)39)42(28-15-13-14-27(41)24-28)30-21-23-34-32-17-10-12-19-36(32)40(7-3,8-4)38(34)26-30/h9-26H,5-8,41H2,1-4H3. The fourth-order valence-corrected chi connectivity index (χ4v) is 8.30. The number of nitrogens with two attached hydrogens (primary N) is 1. The van der Waals surface area contributed by atoms with Crippen LogP contribution in [0.2, 0.25) is 0 Å². The summed E-state index contributed by atoms with van der Waals surface area (Å²) in [6, 6.07) is 40.5. The monoisotopic (exact) mass is 548 g/mol. The van der Waals surface area contributed by atoms with Gasteiger partial charge in [-0.25, -0.2) is 0 Å². The highest BCUT2D eigenvalue weighted by Gasteiger charge is 2.42. The second kappa shape index (κ2) is 9.91. The van der Waals surface area contributed by atoms with Crippen LogP contribution in [0.5, 0.6) is 0 Å². The van der Waals surface area contributed by atoms with Crippen molar-refractivity contribution < 1.29 is 0 Å². The fraction of sp³-hybridized carbons (Fsp3) is 0.250. The van der Waals surface area contributed by atoms with Crippen molar-refractivity contribution in [2.45, 2.75) is 64.2 Å². The van der Waals surface area contributed by atoms with E-state index < -0.39 is 0 Å². The first kappa shape index (κ1) is 26.6. The van der Waals surface area contributed by atoms with E-state index >= 15 is 0 Å². The van der Waals surface area contributed by atoms with Crippen LogP contribution in [-0.4, -0.2) is 0 Å². The molecule has 0 fully saturated rings. The molecular formula is C40H40N2. The first-order valence-electron chi connectivity index (χ1n) is 15.7. The molecule has 0 saturated carbocycles. The van der Waals surface area contributed by atoms with Crippen LogP contribution in [0.25, 0.3) is 22.3 Å². The van der Waals surface area contributed by atoms with Crippen LogP contribution in [0.3, 0.4) is 0 Å². The molecule has 0 unspecified atom stereocenters. The van der Waals surface area contributed by atoms with Crippen molar-refractivity contribution in [1.82, 2.24) is 0 Å². The summed E-state index contributed by atoms with van der Waals surface area (Å²) < 4.78 is 0. The number of hydrogen-bond acceptors (Lipinski definition) is 2. The van der Waals surface area contributed by atoms with Gasteiger partial charge in [0.15, 0.2) is 0 Å². The van der Waals surface area contributed by atoms with Crippen molar-refractivity contribution in [3.63, 3.8) is 0 Å². The summed E-state index contributed by atoms with van der Waals surface area (Å²) in [5.74, 6) is 0. The zero-order chi connectivity index (χ0) is 29.1. The lowest BCUT2D eigenvalue weighted by atomic mass is 9.73. The van der Waals surface area contributed by atoms with Gasteiger partial charge in [0.25, 0.3) is 0 Å². The van der Waals surface area contributed by atoms with E-state index in [0.717, 1.165) is 37.1 Å². The molecule has 0 aromatic heterocycles. The van der Waals surface area contributed by atoms with Crippen molar-refractivity contribution >= 4 is 22.7 Å². The average Bonchev–Trinajstić information content (AvgIpc) is 3.48. The second-order valence-corrected chi connectivity index (χ2v) is 12.1. The number of benzene rings is 5. The highest BCUT2D eigenvalue weighted by Crippen LogP contribution is 2.56. The van der Waals surface area contributed by atoms with Crippen LogP contribution in [-0.2, 0) is 10.8 Å². The Morgan fingerprint density at radius 2 is 0.881 bits per heavy atom. The zero-order valence-corrected chi connectivity index (χ0v) is 25.2. The maximum absolute atomic E-state index is 6.39. The molecule has 2 N–H and O–H groups in total. The van der Waals surface area contributed by atoms with Gasteiger partial charge in [0.05, 0.1) is 0 Å². The molecule has 42 heavy (non-hydrogen) atoms. The third-order valence-electron chi connectivity index (χ3n) is 10.6. The molecule has 0 aliphatic heterocycles. The van der Waals surface area contributed by atoms with Crippen molar-refractivity contribution in [3.05, 3.63) is 131 Å². The molecule has 7 rings (SSSR count). The first-order chi connectivity index (χ1) is 20.5. The van der Waals surface area contributed by atoms with E-state index in [-0.39, 0.29) is 10.8 Å². The van der Waals surface area contributed by atoms with Gasteiger partial charge in [0, 0.05) is 33.6 Å². The van der Waals surface area contributed by atoms with Gasteiger partial charge >= 0.3 is 0 Å². The number of nitrogen functional groups attached to an aromatic ring is 1. The molecule has 0 radical (unpaired) electrons. The summed E-state index contributed by atoms with van der Waals surface area (Å²) in [6.07, 6.45) is 4.29. The first-order valence-corrected chi connectivity index (χ1v) is 15.7. The molecule has 0 atom stereocenters. The lowest BCUT2D eigenvalue weighted by molar-refractivity contribution is 0.490. The molecule has 2 aliphatic rings. The van der Waals surface area contributed by atoms with Crippen molar-refractivity contribution in [2.24, 2.45) is 0 Å². The molecule has 2 aliphatic carbocycles. The van der Waals surface area contributed by atoms with Gasteiger partial charge in [0.1, 0.15) is 0 Å². The number of anilines is 4. The van der Waals surface area contributed by atoms with Gasteiger partial charge in [0.2, 0.25) is 0 Å². The molecule has 0 saturated heterocycles. The van der Waals surface area contributed by atoms with Crippen molar-refractivity contribution in [3.8, 4) is 22.3 Å². The summed E-state index contributed by atoms with van der Waals surface area (Å²) in [6.45, 7) is 9.35. The zero-order valence-electron chi connectivity index (χ0n) is 25.2. The minimum absolute atomic E-state index is 0.0163. The van der Waals surface area contributed by atoms with E-state index in [4.69, 9.17) is 5.73 Å². The third kappa shape index (κ3) is 3.57. The maximum Gasteiger partial charge on any atom is 0.0482 e. The minimum Gasteiger partial charge on any atom is -0.399 e. The molecule has 0 bridgehead atoms. The molecule has 0 heterocycles. The van der Waals surface area contributed by atoms with Crippen LogP contribution >= 0.6 is 0 Å². The van der Waals surface area contributed by atoms with Gasteiger partial charge in [-0.2, -0.15) is 0 Å². The van der Waals surface area contributed by atoms with Crippen LogP contribution in [0.15, 0.2) is 109 Å². The molecule has 5 aromatic carbocycles. The summed E-state index contributed by atoms with van der Waals surface area (Å²) in [5.41, 5.74) is 21.9. The van der Waals surface area contributed by atoms with Gasteiger partial charge in [-0.1, -0.05) is 94.4 Å². The highest BCUT2D eigenvalue weighted by atomic mass is 15.1. The average molecular weight is 549 g/mol. The Balaban J connectivity index is 1.45. The summed E-state index contributed by atoms with van der Waals surface area (Å²) in [5, 5.41) is 0. The van der Waals surface area contributed by atoms with Crippen LogP contribution in [0.4, 0.5) is 22.7 Å². The van der Waals surface area contributed by atoms with Crippen LogP contribution in [0.1, 0.15) is 75.6 Å². The number of nitrogens with zero attached hydrogens (tertiary/aromatic N) is 1. The van der Waals surface area contributed by atoms with E-state index in [9.17, 15) is 0 Å². The Morgan fingerprint density at radius 1 is 0.452 bits per heavy atom. The quantitative estimate of drug-likeness (QED) is 0.205. The van der Waals surface area contributed by atoms with Crippen molar-refractivity contribution in [1.29, 1.82) is 0 Å². The SMILES string of the molecule is CCC1(CC)c2ccccc2-c2ccc(N(c3cccc(N)c3)c3ccc4c(c3)C(CC)(CC)c3ccccc3-4)cc21. The number of hydrogen-bond donors (Lipinski definition) is 1. The van der Waals surface area contributed by atoms with Gasteiger partial charge in [-0.3, -0.25) is 0 Å². The molecular weight excluding hydrogens is 508 g/mol. The summed E-state index contributed by atoms with van der Waals surface area (Å²) >= 11 is 0. The van der Waals surface area contributed by atoms with Crippen LogP contribution < -0.4 is 10.6 Å². The predicted octanol–water partition coefficient (Wildman–Crippen LogP) is 10.9. The van der Waals surface area contributed by atoms with E-state index in [2.05, 4.69) is 136 Å².